The number of aromatic nitrogens is 4. The van der Waals surface area contributed by atoms with Gasteiger partial charge in [0.05, 0.1) is 24.9 Å². The normalized spacial score (nSPS) is 16.7. The molecule has 0 bridgehead atoms. The molecule has 0 amide bonds. The quantitative estimate of drug-likeness (QED) is 0.509. The fourth-order valence-electron chi connectivity index (χ4n) is 4.09. The van der Waals surface area contributed by atoms with E-state index in [-0.39, 0.29) is 12.2 Å². The van der Waals surface area contributed by atoms with Gasteiger partial charge in [0.1, 0.15) is 11.9 Å². The standard InChI is InChI=1S/C24H27N5O3/c1-31-21-7-3-5-18(14-21)24(32-2)22(30)15-20-8-9-23(28-27-20)29-12-10-17(16-29)13-19-6-4-11-25-26-19/h3-9,11,14,17,24H,10,12-13,15-16H2,1-2H3/t17-,24-/m0/s1. The van der Waals surface area contributed by atoms with Gasteiger partial charge in [-0.3, -0.25) is 4.79 Å². The Bertz CT molecular complexity index is 1030. The van der Waals surface area contributed by atoms with Gasteiger partial charge in [-0.2, -0.15) is 15.3 Å². The third-order valence-electron chi connectivity index (χ3n) is 5.72. The van der Waals surface area contributed by atoms with Crippen LogP contribution in [-0.2, 0) is 22.4 Å². The van der Waals surface area contributed by atoms with Crippen LogP contribution in [0.25, 0.3) is 0 Å². The number of carbonyl (C=O) groups excluding carboxylic acids is 1. The van der Waals surface area contributed by atoms with E-state index in [9.17, 15) is 4.79 Å². The number of methoxy groups -OCH3 is 2. The lowest BCUT2D eigenvalue weighted by molar-refractivity contribution is -0.128. The van der Waals surface area contributed by atoms with Gasteiger partial charge in [-0.05, 0) is 60.7 Å². The summed E-state index contributed by atoms with van der Waals surface area (Å²) >= 11 is 0. The Hall–Kier alpha value is -3.39. The van der Waals surface area contributed by atoms with Crippen molar-refractivity contribution in [3.05, 3.63) is 71.7 Å². The summed E-state index contributed by atoms with van der Waals surface area (Å²) in [4.78, 5) is 15.1. The Morgan fingerprint density at radius 2 is 2.00 bits per heavy atom. The number of nitrogens with zero attached hydrogens (tertiary/aromatic N) is 5. The van der Waals surface area contributed by atoms with Crippen molar-refractivity contribution in [2.75, 3.05) is 32.2 Å². The maximum atomic E-state index is 12.8. The molecule has 1 saturated heterocycles. The Morgan fingerprint density at radius 3 is 2.72 bits per heavy atom. The lowest BCUT2D eigenvalue weighted by Crippen LogP contribution is -2.22. The van der Waals surface area contributed by atoms with E-state index in [4.69, 9.17) is 9.47 Å². The third kappa shape index (κ3) is 5.26. The molecule has 4 rings (SSSR count). The number of ketones is 1. The van der Waals surface area contributed by atoms with Crippen LogP contribution < -0.4 is 9.64 Å². The smallest absolute Gasteiger partial charge is 0.172 e. The summed E-state index contributed by atoms with van der Waals surface area (Å²) in [5, 5.41) is 16.8. The van der Waals surface area contributed by atoms with Crippen LogP contribution in [-0.4, -0.2) is 53.5 Å². The number of Topliss-reactive ketones (excluding diaryl/α,β-unsaturated/α-hetero) is 1. The minimum atomic E-state index is -0.674. The largest absolute Gasteiger partial charge is 0.497 e. The molecule has 1 aliphatic rings. The predicted molar refractivity (Wildman–Crippen MR) is 120 cm³/mol. The Labute approximate surface area is 187 Å². The van der Waals surface area contributed by atoms with Crippen LogP contribution in [0.2, 0.25) is 0 Å². The summed E-state index contributed by atoms with van der Waals surface area (Å²) < 4.78 is 10.7. The average molecular weight is 434 g/mol. The fraction of sp³-hybridized carbons (Fsp3) is 0.375. The molecule has 1 aliphatic heterocycles. The van der Waals surface area contributed by atoms with Crippen LogP contribution in [0.1, 0.15) is 29.5 Å². The van der Waals surface area contributed by atoms with Crippen molar-refractivity contribution in [3.63, 3.8) is 0 Å². The molecule has 166 valence electrons. The van der Waals surface area contributed by atoms with E-state index in [2.05, 4.69) is 25.3 Å². The second-order valence-electron chi connectivity index (χ2n) is 7.94. The van der Waals surface area contributed by atoms with Crippen molar-refractivity contribution in [1.82, 2.24) is 20.4 Å². The molecule has 0 unspecified atom stereocenters. The highest BCUT2D eigenvalue weighted by Crippen LogP contribution is 2.25. The molecular weight excluding hydrogens is 406 g/mol. The van der Waals surface area contributed by atoms with E-state index in [1.54, 1.807) is 13.3 Å². The molecule has 1 aromatic carbocycles. The summed E-state index contributed by atoms with van der Waals surface area (Å²) in [5.41, 5.74) is 2.40. The van der Waals surface area contributed by atoms with Crippen molar-refractivity contribution >= 4 is 11.6 Å². The highest BCUT2D eigenvalue weighted by Gasteiger charge is 2.25. The van der Waals surface area contributed by atoms with Crippen molar-refractivity contribution in [2.45, 2.75) is 25.4 Å². The third-order valence-corrected chi connectivity index (χ3v) is 5.72. The highest BCUT2D eigenvalue weighted by atomic mass is 16.5. The average Bonchev–Trinajstić information content (AvgIpc) is 3.29. The highest BCUT2D eigenvalue weighted by molar-refractivity contribution is 5.86. The number of hydrogen-bond donors (Lipinski definition) is 0. The van der Waals surface area contributed by atoms with Crippen LogP contribution in [0.4, 0.5) is 5.82 Å². The van der Waals surface area contributed by atoms with Gasteiger partial charge in [0.25, 0.3) is 0 Å². The van der Waals surface area contributed by atoms with Gasteiger partial charge in [0, 0.05) is 26.4 Å². The first-order valence-electron chi connectivity index (χ1n) is 10.7. The molecule has 3 aromatic rings. The van der Waals surface area contributed by atoms with Crippen LogP contribution in [0.5, 0.6) is 5.75 Å². The first kappa shape index (κ1) is 21.8. The summed E-state index contributed by atoms with van der Waals surface area (Å²) in [5.74, 6) is 1.96. The molecular formula is C24H27N5O3. The molecule has 0 aliphatic carbocycles. The molecule has 0 N–H and O–H groups in total. The summed E-state index contributed by atoms with van der Waals surface area (Å²) in [6.07, 6.45) is 3.16. The van der Waals surface area contributed by atoms with E-state index in [0.29, 0.717) is 17.4 Å². The first-order chi connectivity index (χ1) is 15.7. The zero-order valence-electron chi connectivity index (χ0n) is 18.3. The predicted octanol–water partition coefficient (Wildman–Crippen LogP) is 2.84. The Balaban J connectivity index is 1.35. The van der Waals surface area contributed by atoms with E-state index < -0.39 is 6.10 Å². The lowest BCUT2D eigenvalue weighted by Gasteiger charge is -2.17. The van der Waals surface area contributed by atoms with Crippen molar-refractivity contribution < 1.29 is 14.3 Å². The molecule has 3 heterocycles. The van der Waals surface area contributed by atoms with Crippen molar-refractivity contribution in [3.8, 4) is 5.75 Å². The van der Waals surface area contributed by atoms with Crippen LogP contribution in [0.3, 0.4) is 0 Å². The monoisotopic (exact) mass is 433 g/mol. The SMILES string of the molecule is COc1cccc([C@H](OC)C(=O)Cc2ccc(N3CC[C@@H](Cc4cccnn4)C3)nn2)c1. The van der Waals surface area contributed by atoms with Crippen LogP contribution in [0.15, 0.2) is 54.7 Å². The molecule has 8 heteroatoms. The van der Waals surface area contributed by atoms with Crippen LogP contribution in [0, 0.1) is 5.92 Å². The molecule has 2 atom stereocenters. The topological polar surface area (TPSA) is 90.3 Å². The zero-order chi connectivity index (χ0) is 22.3. The maximum absolute atomic E-state index is 12.8. The number of rotatable bonds is 9. The van der Waals surface area contributed by atoms with Gasteiger partial charge >= 0.3 is 0 Å². The van der Waals surface area contributed by atoms with Gasteiger partial charge in [0.2, 0.25) is 0 Å². The zero-order valence-corrected chi connectivity index (χ0v) is 18.3. The minimum absolute atomic E-state index is 0.0759. The number of ether oxygens (including phenoxy) is 2. The number of carbonyl (C=O) groups is 1. The minimum Gasteiger partial charge on any atom is -0.497 e. The van der Waals surface area contributed by atoms with Gasteiger partial charge < -0.3 is 14.4 Å². The summed E-state index contributed by atoms with van der Waals surface area (Å²) in [6.45, 7) is 1.84. The molecule has 2 aromatic heterocycles. The molecule has 0 spiro atoms. The van der Waals surface area contributed by atoms with Gasteiger partial charge in [-0.15, -0.1) is 5.10 Å². The fourth-order valence-corrected chi connectivity index (χ4v) is 4.09. The summed E-state index contributed by atoms with van der Waals surface area (Å²) in [7, 11) is 3.12. The molecule has 1 fully saturated rings. The van der Waals surface area contributed by atoms with Gasteiger partial charge in [-0.25, -0.2) is 0 Å². The molecule has 8 nitrogen and oxygen atoms in total. The number of anilines is 1. The second kappa shape index (κ2) is 10.3. The second-order valence-corrected chi connectivity index (χ2v) is 7.94. The van der Waals surface area contributed by atoms with E-state index in [1.165, 1.54) is 7.11 Å². The number of hydrogen-bond acceptors (Lipinski definition) is 8. The van der Waals surface area contributed by atoms with Crippen molar-refractivity contribution in [2.24, 2.45) is 5.92 Å². The summed E-state index contributed by atoms with van der Waals surface area (Å²) in [6, 6.07) is 15.1. The number of benzene rings is 1. The Kier molecular flexibility index (Phi) is 7.01. The molecule has 32 heavy (non-hydrogen) atoms. The Morgan fingerprint density at radius 1 is 1.09 bits per heavy atom. The van der Waals surface area contributed by atoms with Gasteiger partial charge in [0.15, 0.2) is 11.6 Å². The lowest BCUT2D eigenvalue weighted by atomic mass is 10.0. The van der Waals surface area contributed by atoms with Crippen molar-refractivity contribution in [1.29, 1.82) is 0 Å². The first-order valence-corrected chi connectivity index (χ1v) is 10.7. The van der Waals surface area contributed by atoms with Gasteiger partial charge in [-0.1, -0.05) is 12.1 Å². The van der Waals surface area contributed by atoms with E-state index in [0.717, 1.165) is 43.0 Å². The van der Waals surface area contributed by atoms with E-state index in [1.807, 2.05) is 48.5 Å². The van der Waals surface area contributed by atoms with Crippen LogP contribution >= 0.6 is 0 Å². The van der Waals surface area contributed by atoms with E-state index >= 15 is 0 Å². The maximum Gasteiger partial charge on any atom is 0.172 e. The molecule has 0 saturated carbocycles. The molecule has 0 radical (unpaired) electrons.